The Labute approximate surface area is 146 Å². The van der Waals surface area contributed by atoms with E-state index in [9.17, 15) is 4.79 Å². The summed E-state index contributed by atoms with van der Waals surface area (Å²) in [5.74, 6) is -0.104. The molecule has 128 valence electrons. The van der Waals surface area contributed by atoms with Crippen LogP contribution in [0.2, 0.25) is 0 Å². The van der Waals surface area contributed by atoms with Gasteiger partial charge in [0.15, 0.2) is 5.16 Å². The number of amides is 1. The summed E-state index contributed by atoms with van der Waals surface area (Å²) >= 11 is 1.53. The molecule has 0 saturated heterocycles. The molecule has 6 nitrogen and oxygen atoms in total. The molecular weight excluding hydrogens is 322 g/mol. The van der Waals surface area contributed by atoms with Crippen LogP contribution < -0.4 is 11.1 Å². The first kappa shape index (κ1) is 17.0. The molecule has 1 fully saturated rings. The second-order valence-corrected chi connectivity index (χ2v) is 7.68. The van der Waals surface area contributed by atoms with Crippen molar-refractivity contribution < 1.29 is 4.79 Å². The number of benzene rings is 1. The monoisotopic (exact) mass is 345 g/mol. The predicted molar refractivity (Wildman–Crippen MR) is 94.7 cm³/mol. The number of aryl methyl sites for hydroxylation is 1. The van der Waals surface area contributed by atoms with Gasteiger partial charge in [0.1, 0.15) is 6.33 Å². The lowest BCUT2D eigenvalue weighted by Gasteiger charge is -2.37. The van der Waals surface area contributed by atoms with Crippen molar-refractivity contribution in [2.75, 3.05) is 5.32 Å². The van der Waals surface area contributed by atoms with Crippen molar-refractivity contribution in [3.8, 4) is 0 Å². The summed E-state index contributed by atoms with van der Waals surface area (Å²) in [6.45, 7) is 1.98. The van der Waals surface area contributed by atoms with E-state index in [4.69, 9.17) is 5.73 Å². The maximum absolute atomic E-state index is 12.6. The molecule has 1 heterocycles. The second kappa shape index (κ2) is 6.94. The number of aromatic nitrogens is 3. The molecule has 1 amide bonds. The highest BCUT2D eigenvalue weighted by molar-refractivity contribution is 7.99. The molecule has 1 aromatic heterocycles. The molecule has 3 N–H and O–H groups in total. The zero-order valence-electron chi connectivity index (χ0n) is 14.0. The van der Waals surface area contributed by atoms with Crippen molar-refractivity contribution in [1.29, 1.82) is 0 Å². The van der Waals surface area contributed by atoms with Gasteiger partial charge in [-0.2, -0.15) is 0 Å². The highest BCUT2D eigenvalue weighted by atomic mass is 32.2. The summed E-state index contributed by atoms with van der Waals surface area (Å²) < 4.78 is 1.87. The number of hydrogen-bond acceptors (Lipinski definition) is 5. The minimum absolute atomic E-state index is 0.0217. The van der Waals surface area contributed by atoms with Gasteiger partial charge >= 0.3 is 0 Å². The Bertz CT molecular complexity index is 710. The van der Waals surface area contributed by atoms with Gasteiger partial charge in [0, 0.05) is 23.2 Å². The van der Waals surface area contributed by atoms with Crippen molar-refractivity contribution in [2.45, 2.75) is 48.2 Å². The summed E-state index contributed by atoms with van der Waals surface area (Å²) in [5.41, 5.74) is 6.69. The Morgan fingerprint density at radius 2 is 2.12 bits per heavy atom. The minimum Gasteiger partial charge on any atom is -0.326 e. The quantitative estimate of drug-likeness (QED) is 0.890. The second-order valence-electron chi connectivity index (χ2n) is 6.64. The van der Waals surface area contributed by atoms with Crippen LogP contribution in [0.3, 0.4) is 0 Å². The molecule has 1 saturated carbocycles. The maximum Gasteiger partial charge on any atom is 0.229 e. The van der Waals surface area contributed by atoms with Crippen LogP contribution in [0.4, 0.5) is 5.69 Å². The zero-order valence-corrected chi connectivity index (χ0v) is 14.8. The van der Waals surface area contributed by atoms with Gasteiger partial charge in [-0.15, -0.1) is 10.2 Å². The zero-order chi connectivity index (χ0) is 17.2. The summed E-state index contributed by atoms with van der Waals surface area (Å²) in [6.07, 6.45) is 5.60. The van der Waals surface area contributed by atoms with Gasteiger partial charge < -0.3 is 15.6 Å². The Balaban J connectivity index is 1.63. The molecule has 1 aromatic carbocycles. The molecule has 0 bridgehead atoms. The van der Waals surface area contributed by atoms with Crippen LogP contribution in [0.25, 0.3) is 0 Å². The van der Waals surface area contributed by atoms with Gasteiger partial charge in [-0.25, -0.2) is 0 Å². The first-order valence-corrected chi connectivity index (χ1v) is 8.99. The smallest absolute Gasteiger partial charge is 0.229 e. The van der Waals surface area contributed by atoms with Crippen LogP contribution in [0, 0.1) is 5.92 Å². The average molecular weight is 345 g/mol. The van der Waals surface area contributed by atoms with Gasteiger partial charge in [0.2, 0.25) is 5.91 Å². The normalized spacial score (nSPS) is 23.9. The number of nitrogens with one attached hydrogen (secondary N) is 1. The average Bonchev–Trinajstić information content (AvgIpc) is 2.94. The van der Waals surface area contributed by atoms with Crippen LogP contribution in [-0.2, 0) is 11.8 Å². The van der Waals surface area contributed by atoms with E-state index >= 15 is 0 Å². The predicted octanol–water partition coefficient (Wildman–Crippen LogP) is 2.81. The molecule has 24 heavy (non-hydrogen) atoms. The van der Waals surface area contributed by atoms with E-state index < -0.39 is 5.54 Å². The fourth-order valence-electron chi connectivity index (χ4n) is 3.10. The number of carbonyl (C=O) groups excluding carboxylic acids is 1. The molecule has 0 aliphatic heterocycles. The number of nitrogens with zero attached hydrogens (tertiary/aromatic N) is 3. The summed E-state index contributed by atoms with van der Waals surface area (Å²) in [4.78, 5) is 13.6. The van der Waals surface area contributed by atoms with E-state index in [-0.39, 0.29) is 11.8 Å². The van der Waals surface area contributed by atoms with Crippen LogP contribution in [-0.4, -0.2) is 26.2 Å². The number of rotatable bonds is 4. The third kappa shape index (κ3) is 3.79. The third-order valence-electron chi connectivity index (χ3n) is 4.57. The molecular formula is C17H23N5OS. The van der Waals surface area contributed by atoms with Gasteiger partial charge in [-0.1, -0.05) is 12.8 Å². The lowest BCUT2D eigenvalue weighted by molar-refractivity contribution is -0.122. The van der Waals surface area contributed by atoms with E-state index in [2.05, 4.69) is 15.5 Å². The molecule has 2 atom stereocenters. The van der Waals surface area contributed by atoms with Crippen molar-refractivity contribution in [2.24, 2.45) is 18.7 Å². The van der Waals surface area contributed by atoms with Crippen LogP contribution in [0.1, 0.15) is 32.6 Å². The molecule has 1 aliphatic carbocycles. The lowest BCUT2D eigenvalue weighted by Crippen LogP contribution is -2.51. The Morgan fingerprint density at radius 1 is 1.38 bits per heavy atom. The van der Waals surface area contributed by atoms with Crippen molar-refractivity contribution in [3.05, 3.63) is 30.6 Å². The minimum atomic E-state index is -0.413. The highest BCUT2D eigenvalue weighted by Crippen LogP contribution is 2.33. The fourth-order valence-corrected chi connectivity index (χ4v) is 3.86. The molecule has 2 aromatic rings. The SMILES string of the molecule is Cn1cnnc1Sc1ccc(NC(=O)C2CCCCC2(C)N)cc1. The van der Waals surface area contributed by atoms with E-state index in [0.29, 0.717) is 0 Å². The Morgan fingerprint density at radius 3 is 2.75 bits per heavy atom. The van der Waals surface area contributed by atoms with Crippen molar-refractivity contribution in [1.82, 2.24) is 14.8 Å². The third-order valence-corrected chi connectivity index (χ3v) is 5.63. The van der Waals surface area contributed by atoms with Crippen LogP contribution >= 0.6 is 11.8 Å². The summed E-state index contributed by atoms with van der Waals surface area (Å²) in [5, 5.41) is 11.7. The topological polar surface area (TPSA) is 85.8 Å². The number of nitrogens with two attached hydrogens (primary N) is 1. The Kier molecular flexibility index (Phi) is 4.91. The number of hydrogen-bond donors (Lipinski definition) is 2. The van der Waals surface area contributed by atoms with Crippen LogP contribution in [0.15, 0.2) is 40.6 Å². The molecule has 0 spiro atoms. The first-order valence-electron chi connectivity index (χ1n) is 8.17. The molecule has 3 rings (SSSR count). The van der Waals surface area contributed by atoms with E-state index in [1.807, 2.05) is 42.8 Å². The summed E-state index contributed by atoms with van der Waals surface area (Å²) in [6, 6.07) is 7.76. The van der Waals surface area contributed by atoms with E-state index in [1.165, 1.54) is 11.8 Å². The van der Waals surface area contributed by atoms with Gasteiger partial charge in [-0.3, -0.25) is 4.79 Å². The maximum atomic E-state index is 12.6. The van der Waals surface area contributed by atoms with Gasteiger partial charge in [-0.05, 0) is 55.8 Å². The molecule has 2 unspecified atom stereocenters. The highest BCUT2D eigenvalue weighted by Gasteiger charge is 2.37. The first-order chi connectivity index (χ1) is 11.5. The van der Waals surface area contributed by atoms with Crippen LogP contribution in [0.5, 0.6) is 0 Å². The van der Waals surface area contributed by atoms with Crippen molar-refractivity contribution >= 4 is 23.4 Å². The number of anilines is 1. The standard InChI is InChI=1S/C17H23N5OS/c1-17(18)10-4-3-5-14(17)15(23)20-12-6-8-13(9-7-12)24-16-21-19-11-22(16)2/h6-9,11,14H,3-5,10,18H2,1-2H3,(H,20,23). The molecule has 1 aliphatic rings. The number of carbonyl (C=O) groups is 1. The van der Waals surface area contributed by atoms with Gasteiger partial charge in [0.05, 0.1) is 5.92 Å². The van der Waals surface area contributed by atoms with E-state index in [0.717, 1.165) is 41.4 Å². The van der Waals surface area contributed by atoms with Crippen molar-refractivity contribution in [3.63, 3.8) is 0 Å². The molecule has 0 radical (unpaired) electrons. The largest absolute Gasteiger partial charge is 0.326 e. The lowest BCUT2D eigenvalue weighted by atomic mass is 9.74. The van der Waals surface area contributed by atoms with E-state index in [1.54, 1.807) is 6.33 Å². The van der Waals surface area contributed by atoms with Gasteiger partial charge in [0.25, 0.3) is 0 Å². The summed E-state index contributed by atoms with van der Waals surface area (Å²) in [7, 11) is 1.91. The Hall–Kier alpha value is -1.86. The fraction of sp³-hybridized carbons (Fsp3) is 0.471. The molecule has 7 heteroatoms.